The van der Waals surface area contributed by atoms with Crippen LogP contribution in [0.2, 0.25) is 0 Å². The Labute approximate surface area is 118 Å². The van der Waals surface area contributed by atoms with Gasteiger partial charge in [-0.1, -0.05) is 0 Å². The Morgan fingerprint density at radius 2 is 2.15 bits per heavy atom. The van der Waals surface area contributed by atoms with Crippen molar-refractivity contribution in [3.63, 3.8) is 0 Å². The summed E-state index contributed by atoms with van der Waals surface area (Å²) in [6.07, 6.45) is 0.728. The van der Waals surface area contributed by atoms with Crippen molar-refractivity contribution in [3.8, 4) is 6.07 Å². The van der Waals surface area contributed by atoms with Crippen molar-refractivity contribution in [2.75, 3.05) is 13.2 Å². The first-order valence-corrected chi connectivity index (χ1v) is 7.17. The van der Waals surface area contributed by atoms with Gasteiger partial charge < -0.3 is 24.8 Å². The van der Waals surface area contributed by atoms with Gasteiger partial charge in [0.1, 0.15) is 11.7 Å². The van der Waals surface area contributed by atoms with Crippen LogP contribution in [0.15, 0.2) is 0 Å². The normalized spacial score (nSPS) is 39.9. The minimum absolute atomic E-state index is 0.0679. The van der Waals surface area contributed by atoms with E-state index in [1.54, 1.807) is 0 Å². The van der Waals surface area contributed by atoms with Crippen molar-refractivity contribution in [3.05, 3.63) is 0 Å². The summed E-state index contributed by atoms with van der Waals surface area (Å²) >= 11 is 0. The van der Waals surface area contributed by atoms with E-state index in [1.165, 1.54) is 0 Å². The van der Waals surface area contributed by atoms with Crippen LogP contribution in [-0.4, -0.2) is 58.6 Å². The molecule has 0 bridgehead atoms. The number of ether oxygens (including phenoxy) is 2. The lowest BCUT2D eigenvalue weighted by Crippen LogP contribution is -2.51. The molecule has 20 heavy (non-hydrogen) atoms. The van der Waals surface area contributed by atoms with Crippen LogP contribution in [0.4, 0.5) is 0 Å². The second-order valence-corrected chi connectivity index (χ2v) is 5.92. The first-order valence-electron chi connectivity index (χ1n) is 7.17. The molecule has 6 nitrogen and oxygen atoms in total. The third-order valence-corrected chi connectivity index (χ3v) is 4.35. The predicted octanol–water partition coefficient (Wildman–Crippen LogP) is -0.0430. The molecule has 0 amide bonds. The van der Waals surface area contributed by atoms with E-state index in [0.717, 1.165) is 12.8 Å². The largest absolute Gasteiger partial charge is 0.394 e. The number of nitrogens with zero attached hydrogens (tertiary/aromatic N) is 1. The molecule has 0 aromatic carbocycles. The Balaban J connectivity index is 2.04. The molecule has 0 aliphatic carbocycles. The van der Waals surface area contributed by atoms with Gasteiger partial charge in [-0.05, 0) is 26.2 Å². The lowest BCUT2D eigenvalue weighted by atomic mass is 9.85. The third kappa shape index (κ3) is 2.97. The summed E-state index contributed by atoms with van der Waals surface area (Å²) in [4.78, 5) is 0. The number of fused-ring (bicyclic) bond motifs is 1. The van der Waals surface area contributed by atoms with Gasteiger partial charge in [0.05, 0.1) is 37.6 Å². The highest BCUT2D eigenvalue weighted by Crippen LogP contribution is 2.43. The first-order chi connectivity index (χ1) is 9.54. The second kappa shape index (κ2) is 6.37. The Bertz CT molecular complexity index is 371. The Kier molecular flexibility index (Phi) is 4.99. The SMILES string of the molecule is C[C@@H](C#N)CC1CCC2OC([C@H](O)CO)CC2(CO)O1. The highest BCUT2D eigenvalue weighted by Gasteiger charge is 2.54. The van der Waals surface area contributed by atoms with Gasteiger partial charge in [0.25, 0.3) is 0 Å². The average molecular weight is 285 g/mol. The lowest BCUT2D eigenvalue weighted by Gasteiger charge is -2.41. The summed E-state index contributed by atoms with van der Waals surface area (Å²) in [5, 5.41) is 37.3. The van der Waals surface area contributed by atoms with E-state index in [1.807, 2.05) is 6.92 Å². The molecule has 0 aromatic rings. The van der Waals surface area contributed by atoms with E-state index in [2.05, 4.69) is 6.07 Å². The van der Waals surface area contributed by atoms with Gasteiger partial charge in [-0.2, -0.15) is 5.26 Å². The highest BCUT2D eigenvalue weighted by molar-refractivity contribution is 5.03. The molecule has 3 N–H and O–H groups in total. The smallest absolute Gasteiger partial charge is 0.120 e. The van der Waals surface area contributed by atoms with Crippen LogP contribution >= 0.6 is 0 Å². The summed E-state index contributed by atoms with van der Waals surface area (Å²) in [7, 11) is 0. The van der Waals surface area contributed by atoms with Crippen LogP contribution in [0.3, 0.4) is 0 Å². The number of aliphatic hydroxyl groups excluding tert-OH is 3. The number of aliphatic hydroxyl groups is 3. The van der Waals surface area contributed by atoms with E-state index >= 15 is 0 Å². The molecule has 2 saturated heterocycles. The van der Waals surface area contributed by atoms with Crippen LogP contribution < -0.4 is 0 Å². The number of hydrogen-bond acceptors (Lipinski definition) is 6. The monoisotopic (exact) mass is 285 g/mol. The van der Waals surface area contributed by atoms with Gasteiger partial charge in [0, 0.05) is 12.3 Å². The predicted molar refractivity (Wildman–Crippen MR) is 69.7 cm³/mol. The Morgan fingerprint density at radius 1 is 1.40 bits per heavy atom. The fraction of sp³-hybridized carbons (Fsp3) is 0.929. The third-order valence-electron chi connectivity index (χ3n) is 4.35. The van der Waals surface area contributed by atoms with Crippen molar-refractivity contribution in [1.82, 2.24) is 0 Å². The van der Waals surface area contributed by atoms with Crippen molar-refractivity contribution in [1.29, 1.82) is 5.26 Å². The minimum atomic E-state index is -0.955. The molecule has 114 valence electrons. The molecule has 0 radical (unpaired) electrons. The average Bonchev–Trinajstić information content (AvgIpc) is 2.85. The molecule has 2 heterocycles. The van der Waals surface area contributed by atoms with E-state index in [-0.39, 0.29) is 31.3 Å². The molecule has 6 heteroatoms. The summed E-state index contributed by atoms with van der Waals surface area (Å²) < 4.78 is 11.8. The van der Waals surface area contributed by atoms with Crippen molar-refractivity contribution >= 4 is 0 Å². The summed E-state index contributed by atoms with van der Waals surface area (Å²) in [5.41, 5.74) is -0.807. The summed E-state index contributed by atoms with van der Waals surface area (Å²) in [5.74, 6) is -0.0894. The molecule has 2 fully saturated rings. The van der Waals surface area contributed by atoms with Gasteiger partial charge >= 0.3 is 0 Å². The van der Waals surface area contributed by atoms with Crippen LogP contribution in [0.25, 0.3) is 0 Å². The zero-order valence-corrected chi connectivity index (χ0v) is 11.7. The van der Waals surface area contributed by atoms with E-state index in [4.69, 9.17) is 19.8 Å². The maximum Gasteiger partial charge on any atom is 0.120 e. The van der Waals surface area contributed by atoms with Gasteiger partial charge in [0.2, 0.25) is 0 Å². The topological polar surface area (TPSA) is 103 Å². The molecule has 2 rings (SSSR count). The van der Waals surface area contributed by atoms with E-state index < -0.39 is 17.8 Å². The van der Waals surface area contributed by atoms with E-state index in [9.17, 15) is 10.2 Å². The van der Waals surface area contributed by atoms with Crippen LogP contribution in [0.1, 0.15) is 32.6 Å². The molecule has 2 aliphatic heterocycles. The van der Waals surface area contributed by atoms with Crippen molar-refractivity contribution in [2.24, 2.45) is 5.92 Å². The molecule has 0 spiro atoms. The standard InChI is InChI=1S/C14H23NO5/c1-9(6-15)4-10-2-3-13-14(8-17,20-10)5-12(19-13)11(18)7-16/h9-13,16-18H,2-5,7-8H2,1H3/t9-,10?,11-,12?,13?,14?/m1/s1. The maximum atomic E-state index is 9.72. The molecule has 6 atom stereocenters. The number of nitriles is 1. The lowest BCUT2D eigenvalue weighted by molar-refractivity contribution is -0.186. The fourth-order valence-electron chi connectivity index (χ4n) is 3.20. The Morgan fingerprint density at radius 3 is 2.75 bits per heavy atom. The molecular weight excluding hydrogens is 262 g/mol. The number of rotatable bonds is 5. The van der Waals surface area contributed by atoms with Crippen molar-refractivity contribution < 1.29 is 24.8 Å². The minimum Gasteiger partial charge on any atom is -0.394 e. The zero-order chi connectivity index (χ0) is 14.8. The summed E-state index contributed by atoms with van der Waals surface area (Å²) in [6, 6.07) is 2.19. The molecule has 0 aromatic heterocycles. The summed E-state index contributed by atoms with van der Waals surface area (Å²) in [6.45, 7) is 1.31. The van der Waals surface area contributed by atoms with E-state index in [0.29, 0.717) is 12.8 Å². The quantitative estimate of drug-likeness (QED) is 0.655. The first kappa shape index (κ1) is 15.7. The van der Waals surface area contributed by atoms with Crippen LogP contribution in [0.5, 0.6) is 0 Å². The molecule has 0 saturated carbocycles. The van der Waals surface area contributed by atoms with Gasteiger partial charge in [0.15, 0.2) is 0 Å². The van der Waals surface area contributed by atoms with Gasteiger partial charge in [-0.15, -0.1) is 0 Å². The van der Waals surface area contributed by atoms with Gasteiger partial charge in [-0.25, -0.2) is 0 Å². The maximum absolute atomic E-state index is 9.72. The zero-order valence-electron chi connectivity index (χ0n) is 11.7. The van der Waals surface area contributed by atoms with Gasteiger partial charge in [-0.3, -0.25) is 0 Å². The fourth-order valence-corrected chi connectivity index (χ4v) is 3.20. The van der Waals surface area contributed by atoms with Crippen LogP contribution in [-0.2, 0) is 9.47 Å². The second-order valence-electron chi connectivity index (χ2n) is 5.92. The molecule has 4 unspecified atom stereocenters. The van der Waals surface area contributed by atoms with Crippen molar-refractivity contribution in [2.45, 2.75) is 62.6 Å². The van der Waals surface area contributed by atoms with Crippen LogP contribution in [0, 0.1) is 17.2 Å². The Hall–Kier alpha value is -0.710. The number of hydrogen-bond donors (Lipinski definition) is 3. The highest BCUT2D eigenvalue weighted by atomic mass is 16.6. The molecule has 2 aliphatic rings. The molecular formula is C14H23NO5.